The molecule has 6 nitrogen and oxygen atoms in total. The zero-order valence-corrected chi connectivity index (χ0v) is 18.7. The Morgan fingerprint density at radius 1 is 1.13 bits per heavy atom. The fourth-order valence-corrected chi connectivity index (χ4v) is 5.50. The Balaban J connectivity index is 1.57. The molecule has 1 saturated heterocycles. The summed E-state index contributed by atoms with van der Waals surface area (Å²) in [6.07, 6.45) is 8.12. The summed E-state index contributed by atoms with van der Waals surface area (Å²) in [5, 5.41) is 3.68. The molecule has 0 spiro atoms. The maximum absolute atomic E-state index is 12.8. The number of ether oxygens (including phenoxy) is 1. The second-order valence-corrected chi connectivity index (χ2v) is 9.45. The van der Waals surface area contributed by atoms with Crippen LogP contribution in [0.25, 0.3) is 0 Å². The average Bonchev–Trinajstić information content (AvgIpc) is 3.62. The van der Waals surface area contributed by atoms with Crippen molar-refractivity contribution in [2.45, 2.75) is 64.5 Å². The molecule has 1 aromatic heterocycles. The normalized spacial score (nSPS) is 26.4. The summed E-state index contributed by atoms with van der Waals surface area (Å²) in [5.41, 5.74) is 4.51. The molecule has 1 aromatic carbocycles. The van der Waals surface area contributed by atoms with Crippen molar-refractivity contribution >= 4 is 17.4 Å². The van der Waals surface area contributed by atoms with Gasteiger partial charge in [0.1, 0.15) is 5.82 Å². The van der Waals surface area contributed by atoms with Crippen LogP contribution in [0.4, 0.5) is 11.5 Å². The molecule has 164 valence electrons. The maximum atomic E-state index is 12.8. The standard InChI is InChI=1S/C25H32N4O2/c1-15-13-27-23(14-26-15)28-24-16(2)25(19-4-5-19)29(17(3)30)22-7-6-20(12-21(22)24)18-8-10-31-11-9-18/h6-7,12-14,16,18-19,24-25H,4-5,8-11H2,1-3H3,(H,27,28)/t16-,24-,25-/m1/s1. The molecule has 3 aliphatic rings. The lowest BCUT2D eigenvalue weighted by Crippen LogP contribution is -2.51. The first-order valence-electron chi connectivity index (χ1n) is 11.6. The summed E-state index contributed by atoms with van der Waals surface area (Å²) in [6.45, 7) is 7.58. The van der Waals surface area contributed by atoms with Crippen molar-refractivity contribution in [3.05, 3.63) is 47.4 Å². The first kappa shape index (κ1) is 20.4. The van der Waals surface area contributed by atoms with Crippen LogP contribution in [0.1, 0.15) is 68.3 Å². The fourth-order valence-electron chi connectivity index (χ4n) is 5.50. The van der Waals surface area contributed by atoms with E-state index in [-0.39, 0.29) is 23.9 Å². The fraction of sp³-hybridized carbons (Fsp3) is 0.560. The number of benzene rings is 1. The number of fused-ring (bicyclic) bond motifs is 1. The predicted molar refractivity (Wildman–Crippen MR) is 121 cm³/mol. The summed E-state index contributed by atoms with van der Waals surface area (Å²) in [6, 6.07) is 7.05. The molecular weight excluding hydrogens is 388 g/mol. The van der Waals surface area contributed by atoms with Gasteiger partial charge in [-0.3, -0.25) is 9.78 Å². The van der Waals surface area contributed by atoms with Crippen LogP contribution in [0.15, 0.2) is 30.6 Å². The quantitative estimate of drug-likeness (QED) is 0.782. The number of nitrogens with zero attached hydrogens (tertiary/aromatic N) is 3. The number of aryl methyl sites for hydroxylation is 1. The smallest absolute Gasteiger partial charge is 0.224 e. The van der Waals surface area contributed by atoms with E-state index >= 15 is 0 Å². The minimum absolute atomic E-state index is 0.0907. The van der Waals surface area contributed by atoms with Gasteiger partial charge < -0.3 is 15.0 Å². The molecule has 2 fully saturated rings. The number of rotatable bonds is 4. The number of amides is 1. The zero-order valence-electron chi connectivity index (χ0n) is 18.7. The Labute approximate surface area is 184 Å². The summed E-state index contributed by atoms with van der Waals surface area (Å²) in [5.74, 6) is 2.29. The lowest BCUT2D eigenvalue weighted by atomic mass is 9.78. The highest BCUT2D eigenvalue weighted by Gasteiger charge is 2.47. The van der Waals surface area contributed by atoms with Gasteiger partial charge in [-0.05, 0) is 61.6 Å². The van der Waals surface area contributed by atoms with Gasteiger partial charge >= 0.3 is 0 Å². The van der Waals surface area contributed by atoms with Crippen LogP contribution in [0.3, 0.4) is 0 Å². The lowest BCUT2D eigenvalue weighted by Gasteiger charge is -2.46. The summed E-state index contributed by atoms with van der Waals surface area (Å²) in [7, 11) is 0. The van der Waals surface area contributed by atoms with Crippen molar-refractivity contribution < 1.29 is 9.53 Å². The third kappa shape index (κ3) is 3.93. The molecule has 2 aromatic rings. The first-order valence-corrected chi connectivity index (χ1v) is 11.6. The minimum Gasteiger partial charge on any atom is -0.381 e. The summed E-state index contributed by atoms with van der Waals surface area (Å²) < 4.78 is 5.58. The first-order chi connectivity index (χ1) is 15.0. The predicted octanol–water partition coefficient (Wildman–Crippen LogP) is 4.61. The third-order valence-electron chi connectivity index (χ3n) is 7.23. The highest BCUT2D eigenvalue weighted by Crippen LogP contribution is 2.50. The van der Waals surface area contributed by atoms with Crippen molar-refractivity contribution in [1.82, 2.24) is 9.97 Å². The summed E-state index contributed by atoms with van der Waals surface area (Å²) in [4.78, 5) is 23.9. The second-order valence-electron chi connectivity index (χ2n) is 9.45. The maximum Gasteiger partial charge on any atom is 0.224 e. The number of hydrogen-bond acceptors (Lipinski definition) is 5. The highest BCUT2D eigenvalue weighted by atomic mass is 16.5. The van der Waals surface area contributed by atoms with Crippen molar-refractivity contribution in [2.24, 2.45) is 11.8 Å². The van der Waals surface area contributed by atoms with Crippen molar-refractivity contribution in [1.29, 1.82) is 0 Å². The topological polar surface area (TPSA) is 67.3 Å². The molecule has 3 heterocycles. The molecule has 1 N–H and O–H groups in total. The van der Waals surface area contributed by atoms with E-state index < -0.39 is 0 Å². The van der Waals surface area contributed by atoms with Crippen LogP contribution in [0.2, 0.25) is 0 Å². The Morgan fingerprint density at radius 2 is 1.90 bits per heavy atom. The van der Waals surface area contributed by atoms with Crippen LogP contribution in [0, 0.1) is 18.8 Å². The SMILES string of the molecule is CC(=O)N1c2ccc(C3CCOCC3)cc2[C@H](Nc2cnc(C)cn2)[C@@H](C)[C@@H]1C1CC1. The van der Waals surface area contributed by atoms with Gasteiger partial charge in [-0.25, -0.2) is 4.98 Å². The van der Waals surface area contributed by atoms with Crippen molar-refractivity contribution in [3.63, 3.8) is 0 Å². The van der Waals surface area contributed by atoms with Gasteiger partial charge in [-0.2, -0.15) is 0 Å². The lowest BCUT2D eigenvalue weighted by molar-refractivity contribution is -0.117. The Kier molecular flexibility index (Phi) is 5.42. The Hall–Kier alpha value is -2.47. The molecule has 1 aliphatic carbocycles. The molecule has 0 bridgehead atoms. The van der Waals surface area contributed by atoms with Crippen molar-refractivity contribution in [2.75, 3.05) is 23.4 Å². The van der Waals surface area contributed by atoms with Gasteiger partial charge in [-0.15, -0.1) is 0 Å². The molecule has 3 atom stereocenters. The van der Waals surface area contributed by atoms with Gasteiger partial charge in [0, 0.05) is 37.8 Å². The van der Waals surface area contributed by atoms with Gasteiger partial charge in [0.2, 0.25) is 5.91 Å². The van der Waals surface area contributed by atoms with Gasteiger partial charge in [0.25, 0.3) is 0 Å². The molecule has 0 unspecified atom stereocenters. The van der Waals surface area contributed by atoms with E-state index in [4.69, 9.17) is 4.74 Å². The molecule has 6 heteroatoms. The van der Waals surface area contributed by atoms with E-state index in [2.05, 4.69) is 45.3 Å². The monoisotopic (exact) mass is 420 g/mol. The number of aromatic nitrogens is 2. The molecule has 2 aliphatic heterocycles. The Bertz CT molecular complexity index is 950. The van der Waals surface area contributed by atoms with E-state index in [0.717, 1.165) is 43.3 Å². The molecule has 1 amide bonds. The van der Waals surface area contributed by atoms with Gasteiger partial charge in [0.15, 0.2) is 0 Å². The van der Waals surface area contributed by atoms with E-state index in [0.29, 0.717) is 11.8 Å². The van der Waals surface area contributed by atoms with Gasteiger partial charge in [0.05, 0.1) is 24.1 Å². The van der Waals surface area contributed by atoms with Crippen LogP contribution in [-0.2, 0) is 9.53 Å². The van der Waals surface area contributed by atoms with Crippen LogP contribution in [-0.4, -0.2) is 35.1 Å². The van der Waals surface area contributed by atoms with E-state index in [1.165, 1.54) is 24.0 Å². The average molecular weight is 421 g/mol. The largest absolute Gasteiger partial charge is 0.381 e. The van der Waals surface area contributed by atoms with E-state index in [1.54, 1.807) is 13.1 Å². The number of nitrogens with one attached hydrogen (secondary N) is 1. The van der Waals surface area contributed by atoms with Crippen LogP contribution >= 0.6 is 0 Å². The number of carbonyl (C=O) groups is 1. The van der Waals surface area contributed by atoms with Crippen LogP contribution < -0.4 is 10.2 Å². The molecular formula is C25H32N4O2. The molecule has 5 rings (SSSR count). The third-order valence-corrected chi connectivity index (χ3v) is 7.23. The van der Waals surface area contributed by atoms with E-state index in [1.807, 2.05) is 13.1 Å². The second kappa shape index (κ2) is 8.23. The van der Waals surface area contributed by atoms with Crippen molar-refractivity contribution in [3.8, 4) is 0 Å². The highest BCUT2D eigenvalue weighted by molar-refractivity contribution is 5.94. The Morgan fingerprint density at radius 3 is 2.55 bits per heavy atom. The molecule has 1 saturated carbocycles. The zero-order chi connectivity index (χ0) is 21.5. The summed E-state index contributed by atoms with van der Waals surface area (Å²) >= 11 is 0. The number of carbonyl (C=O) groups excluding carboxylic acids is 1. The number of anilines is 2. The van der Waals surface area contributed by atoms with Crippen LogP contribution in [0.5, 0.6) is 0 Å². The molecule has 31 heavy (non-hydrogen) atoms. The number of hydrogen-bond donors (Lipinski definition) is 1. The van der Waals surface area contributed by atoms with E-state index in [9.17, 15) is 4.79 Å². The minimum atomic E-state index is 0.0907. The van der Waals surface area contributed by atoms with Gasteiger partial charge in [-0.1, -0.05) is 19.1 Å². The molecule has 0 radical (unpaired) electrons.